The first-order valence-corrected chi connectivity index (χ1v) is 6.29. The number of hydrogen-bond acceptors (Lipinski definition) is 3. The van der Waals surface area contributed by atoms with Gasteiger partial charge in [0.25, 0.3) is 5.91 Å². The van der Waals surface area contributed by atoms with Gasteiger partial charge in [0.1, 0.15) is 5.75 Å². The highest BCUT2D eigenvalue weighted by atomic mass is 79.9. The average molecular weight is 314 g/mol. The second kappa shape index (κ2) is 4.97. The zero-order valence-corrected chi connectivity index (χ0v) is 11.1. The van der Waals surface area contributed by atoms with E-state index in [9.17, 15) is 14.7 Å². The van der Waals surface area contributed by atoms with E-state index in [-0.39, 0.29) is 18.2 Å². The van der Waals surface area contributed by atoms with Crippen LogP contribution in [0.5, 0.6) is 5.75 Å². The second-order valence-electron chi connectivity index (χ2n) is 4.24. The Hall–Kier alpha value is -1.56. The van der Waals surface area contributed by atoms with Gasteiger partial charge in [-0.15, -0.1) is 0 Å². The molecule has 1 heterocycles. The van der Waals surface area contributed by atoms with Crippen molar-refractivity contribution in [1.29, 1.82) is 0 Å². The molecule has 2 N–H and O–H groups in total. The summed E-state index contributed by atoms with van der Waals surface area (Å²) in [6, 6.07) is 4.56. The van der Waals surface area contributed by atoms with Gasteiger partial charge in [-0.2, -0.15) is 0 Å². The lowest BCUT2D eigenvalue weighted by Gasteiger charge is -2.16. The van der Waals surface area contributed by atoms with Crippen molar-refractivity contribution >= 4 is 27.8 Å². The number of carbonyl (C=O) groups is 2. The fourth-order valence-corrected chi connectivity index (χ4v) is 2.22. The highest BCUT2D eigenvalue weighted by molar-refractivity contribution is 9.10. The van der Waals surface area contributed by atoms with Gasteiger partial charge in [-0.25, -0.2) is 0 Å². The summed E-state index contributed by atoms with van der Waals surface area (Å²) in [5.74, 6) is -1.61. The number of halogens is 1. The molecule has 1 amide bonds. The zero-order chi connectivity index (χ0) is 13.3. The third kappa shape index (κ3) is 2.48. The first-order valence-electron chi connectivity index (χ1n) is 5.49. The molecule has 0 spiro atoms. The summed E-state index contributed by atoms with van der Waals surface area (Å²) in [4.78, 5) is 24.4. The van der Waals surface area contributed by atoms with Gasteiger partial charge in [0.05, 0.1) is 10.4 Å². The van der Waals surface area contributed by atoms with Gasteiger partial charge in [-0.1, -0.05) is 0 Å². The summed E-state index contributed by atoms with van der Waals surface area (Å²) in [7, 11) is 0. The molecule has 1 saturated heterocycles. The minimum absolute atomic E-state index is 0.00479. The molecule has 0 aliphatic carbocycles. The Balaban J connectivity index is 2.12. The normalized spacial score (nSPS) is 18.9. The summed E-state index contributed by atoms with van der Waals surface area (Å²) < 4.78 is 0.517. The molecule has 1 aromatic rings. The molecule has 5 nitrogen and oxygen atoms in total. The van der Waals surface area contributed by atoms with Crippen molar-refractivity contribution in [3.8, 4) is 5.75 Å². The minimum Gasteiger partial charge on any atom is -0.507 e. The van der Waals surface area contributed by atoms with Crippen LogP contribution in [0, 0.1) is 5.92 Å². The molecule has 1 atom stereocenters. The van der Waals surface area contributed by atoms with Crippen LogP contribution >= 0.6 is 15.9 Å². The molecule has 0 aromatic heterocycles. The van der Waals surface area contributed by atoms with Crippen molar-refractivity contribution < 1.29 is 19.8 Å². The molecule has 1 aromatic carbocycles. The third-order valence-corrected chi connectivity index (χ3v) is 3.69. The van der Waals surface area contributed by atoms with Gasteiger partial charge in [0.2, 0.25) is 0 Å². The van der Waals surface area contributed by atoms with Crippen LogP contribution in [0.3, 0.4) is 0 Å². The van der Waals surface area contributed by atoms with E-state index in [0.717, 1.165) is 0 Å². The number of hydrogen-bond donors (Lipinski definition) is 2. The Labute approximate surface area is 112 Å². The molecule has 1 unspecified atom stereocenters. The molecule has 2 rings (SSSR count). The van der Waals surface area contributed by atoms with E-state index in [1.54, 1.807) is 12.1 Å². The van der Waals surface area contributed by atoms with Crippen molar-refractivity contribution in [2.45, 2.75) is 6.42 Å². The monoisotopic (exact) mass is 313 g/mol. The quantitative estimate of drug-likeness (QED) is 0.871. The van der Waals surface area contributed by atoms with E-state index >= 15 is 0 Å². The fraction of sp³-hybridized carbons (Fsp3) is 0.333. The van der Waals surface area contributed by atoms with E-state index in [1.807, 2.05) is 0 Å². The van der Waals surface area contributed by atoms with E-state index < -0.39 is 11.9 Å². The van der Waals surface area contributed by atoms with Crippen LogP contribution in [0.1, 0.15) is 16.8 Å². The maximum atomic E-state index is 12.1. The molecule has 1 aliphatic rings. The van der Waals surface area contributed by atoms with Crippen molar-refractivity contribution in [1.82, 2.24) is 4.90 Å². The van der Waals surface area contributed by atoms with E-state index in [0.29, 0.717) is 23.0 Å². The summed E-state index contributed by atoms with van der Waals surface area (Å²) in [5.41, 5.74) is 0.363. The highest BCUT2D eigenvalue weighted by Crippen LogP contribution is 2.26. The Morgan fingerprint density at radius 1 is 1.39 bits per heavy atom. The number of carbonyl (C=O) groups excluding carboxylic acids is 1. The molecule has 0 radical (unpaired) electrons. The van der Waals surface area contributed by atoms with E-state index in [2.05, 4.69) is 15.9 Å². The Morgan fingerprint density at radius 3 is 2.67 bits per heavy atom. The maximum absolute atomic E-state index is 12.1. The van der Waals surface area contributed by atoms with Crippen molar-refractivity contribution in [3.63, 3.8) is 0 Å². The van der Waals surface area contributed by atoms with Crippen LogP contribution in [-0.2, 0) is 4.79 Å². The smallest absolute Gasteiger partial charge is 0.308 e. The van der Waals surface area contributed by atoms with Crippen LogP contribution < -0.4 is 0 Å². The molecule has 1 fully saturated rings. The van der Waals surface area contributed by atoms with Gasteiger partial charge >= 0.3 is 5.97 Å². The largest absolute Gasteiger partial charge is 0.507 e. The number of amides is 1. The molecular weight excluding hydrogens is 302 g/mol. The number of aromatic hydroxyl groups is 1. The SMILES string of the molecule is O=C(O)C1CCN(C(=O)c2ccc(Br)c(O)c2)C1. The molecule has 0 saturated carbocycles. The highest BCUT2D eigenvalue weighted by Gasteiger charge is 2.31. The lowest BCUT2D eigenvalue weighted by molar-refractivity contribution is -0.141. The number of benzene rings is 1. The third-order valence-electron chi connectivity index (χ3n) is 3.02. The molecule has 1 aliphatic heterocycles. The predicted molar refractivity (Wildman–Crippen MR) is 67.5 cm³/mol. The van der Waals surface area contributed by atoms with Gasteiger partial charge in [0.15, 0.2) is 0 Å². The van der Waals surface area contributed by atoms with Crippen LogP contribution in [0.25, 0.3) is 0 Å². The number of carboxylic acid groups (broad SMARTS) is 1. The summed E-state index contributed by atoms with van der Waals surface area (Å²) in [6.07, 6.45) is 0.476. The molecule has 96 valence electrons. The van der Waals surface area contributed by atoms with Crippen molar-refractivity contribution in [2.24, 2.45) is 5.92 Å². The number of likely N-dealkylation sites (tertiary alicyclic amines) is 1. The standard InChI is InChI=1S/C12H12BrNO4/c13-9-2-1-7(5-10(9)15)11(16)14-4-3-8(6-14)12(17)18/h1-2,5,8,15H,3-4,6H2,(H,17,18). The van der Waals surface area contributed by atoms with Crippen LogP contribution in [0.2, 0.25) is 0 Å². The molecular formula is C12H12BrNO4. The predicted octanol–water partition coefficient (Wildman–Crippen LogP) is 1.70. The van der Waals surface area contributed by atoms with Crippen LogP contribution in [-0.4, -0.2) is 40.1 Å². The van der Waals surface area contributed by atoms with Crippen molar-refractivity contribution in [3.05, 3.63) is 28.2 Å². The number of phenolic OH excluding ortho intramolecular Hbond substituents is 1. The lowest BCUT2D eigenvalue weighted by Crippen LogP contribution is -2.29. The van der Waals surface area contributed by atoms with E-state index in [4.69, 9.17) is 5.11 Å². The topological polar surface area (TPSA) is 77.8 Å². The molecule has 0 bridgehead atoms. The van der Waals surface area contributed by atoms with Crippen molar-refractivity contribution in [2.75, 3.05) is 13.1 Å². The zero-order valence-electron chi connectivity index (χ0n) is 9.47. The van der Waals surface area contributed by atoms with Gasteiger partial charge in [-0.05, 0) is 40.5 Å². The summed E-state index contributed by atoms with van der Waals surface area (Å²) in [5, 5.41) is 18.4. The lowest BCUT2D eigenvalue weighted by atomic mass is 10.1. The average Bonchev–Trinajstić information content (AvgIpc) is 2.81. The first-order chi connectivity index (χ1) is 8.49. The van der Waals surface area contributed by atoms with E-state index in [1.165, 1.54) is 11.0 Å². The number of rotatable bonds is 2. The first kappa shape index (κ1) is 12.9. The number of phenols is 1. The number of aliphatic carboxylic acids is 1. The molecule has 18 heavy (non-hydrogen) atoms. The minimum atomic E-state index is -0.871. The Kier molecular flexibility index (Phi) is 3.56. The Bertz CT molecular complexity index is 503. The van der Waals surface area contributed by atoms with Gasteiger partial charge < -0.3 is 15.1 Å². The van der Waals surface area contributed by atoms with Crippen LogP contribution in [0.15, 0.2) is 22.7 Å². The second-order valence-corrected chi connectivity index (χ2v) is 5.10. The van der Waals surface area contributed by atoms with Gasteiger partial charge in [0, 0.05) is 18.7 Å². The fourth-order valence-electron chi connectivity index (χ4n) is 1.97. The van der Waals surface area contributed by atoms with Crippen LogP contribution in [0.4, 0.5) is 0 Å². The number of nitrogens with zero attached hydrogens (tertiary/aromatic N) is 1. The summed E-state index contributed by atoms with van der Waals surface area (Å²) in [6.45, 7) is 0.664. The number of carboxylic acids is 1. The molecule has 6 heteroatoms. The summed E-state index contributed by atoms with van der Waals surface area (Å²) >= 11 is 3.14. The Morgan fingerprint density at radius 2 is 2.11 bits per heavy atom. The van der Waals surface area contributed by atoms with Gasteiger partial charge in [-0.3, -0.25) is 9.59 Å². The maximum Gasteiger partial charge on any atom is 0.308 e.